The molecule has 0 radical (unpaired) electrons. The Kier molecular flexibility index (Phi) is 6.99. The zero-order chi connectivity index (χ0) is 20.0. The van der Waals surface area contributed by atoms with Crippen LogP contribution in [-0.2, 0) is 9.63 Å². The molecule has 0 atom stereocenters. The minimum Gasteiger partial charge on any atom is -0.456 e. The molecule has 2 aromatic rings. The average molecular weight is 368 g/mol. The van der Waals surface area contributed by atoms with Crippen molar-refractivity contribution in [3.8, 4) is 11.5 Å². The Balaban J connectivity index is 2.50. The minimum atomic E-state index is -0.341. The van der Waals surface area contributed by atoms with E-state index in [1.165, 1.54) is 12.7 Å². The highest BCUT2D eigenvalue weighted by atomic mass is 16.6. The highest BCUT2D eigenvalue weighted by Gasteiger charge is 2.20. The lowest BCUT2D eigenvalue weighted by atomic mass is 9.95. The second-order valence-corrected chi connectivity index (χ2v) is 6.91. The largest absolute Gasteiger partial charge is 0.456 e. The molecule has 2 rings (SSSR count). The first-order valence-electron chi connectivity index (χ1n) is 9.13. The second-order valence-electron chi connectivity index (χ2n) is 6.91. The van der Waals surface area contributed by atoms with Crippen LogP contribution in [0.3, 0.4) is 0 Å². The summed E-state index contributed by atoms with van der Waals surface area (Å²) in [6.45, 7) is 8.62. The monoisotopic (exact) mass is 368 g/mol. The Morgan fingerprint density at radius 3 is 2.30 bits per heavy atom. The van der Waals surface area contributed by atoms with Gasteiger partial charge in [0, 0.05) is 7.05 Å². The predicted molar refractivity (Wildman–Crippen MR) is 109 cm³/mol. The fourth-order valence-corrected chi connectivity index (χ4v) is 2.76. The second kappa shape index (κ2) is 9.21. The molecular formula is C22H28N2O3. The summed E-state index contributed by atoms with van der Waals surface area (Å²) in [6, 6.07) is 13.6. The maximum atomic E-state index is 12.2. The van der Waals surface area contributed by atoms with Crippen LogP contribution in [0, 0.1) is 0 Å². The molecule has 5 nitrogen and oxygen atoms in total. The van der Waals surface area contributed by atoms with E-state index in [-0.39, 0.29) is 11.6 Å². The smallest absolute Gasteiger partial charge is 0.273 e. The topological polar surface area (TPSA) is 59.9 Å². The van der Waals surface area contributed by atoms with Crippen LogP contribution >= 0.6 is 0 Å². The molecule has 0 bridgehead atoms. The summed E-state index contributed by atoms with van der Waals surface area (Å²) in [4.78, 5) is 17.1. The van der Waals surface area contributed by atoms with Crippen molar-refractivity contribution in [2.75, 3.05) is 14.2 Å². The van der Waals surface area contributed by atoms with E-state index in [4.69, 9.17) is 9.57 Å². The molecule has 0 aromatic heterocycles. The standard InChI is InChI=1S/C22H28N2O3/c1-14(2)16-11-12-20(18(13-16)15(3)4)27-19-10-8-7-9-17(19)21(24-26-6)22(25)23-5/h7-15H,1-6H3,(H,23,25)/b24-21+. The third-order valence-corrected chi connectivity index (χ3v) is 4.31. The predicted octanol–water partition coefficient (Wildman–Crippen LogP) is 4.82. The molecule has 0 aliphatic rings. The van der Waals surface area contributed by atoms with E-state index in [0.717, 1.165) is 11.3 Å². The lowest BCUT2D eigenvalue weighted by Crippen LogP contribution is -2.28. The van der Waals surface area contributed by atoms with Crippen LogP contribution in [0.5, 0.6) is 11.5 Å². The first-order chi connectivity index (χ1) is 12.9. The average Bonchev–Trinajstić information content (AvgIpc) is 2.66. The van der Waals surface area contributed by atoms with Crippen molar-refractivity contribution < 1.29 is 14.4 Å². The van der Waals surface area contributed by atoms with E-state index in [1.807, 2.05) is 24.3 Å². The quantitative estimate of drug-likeness (QED) is 0.563. The van der Waals surface area contributed by atoms with Gasteiger partial charge in [0.15, 0.2) is 5.71 Å². The Morgan fingerprint density at radius 1 is 1.00 bits per heavy atom. The number of nitrogens with one attached hydrogen (secondary N) is 1. The van der Waals surface area contributed by atoms with E-state index in [0.29, 0.717) is 23.1 Å². The van der Waals surface area contributed by atoms with Gasteiger partial charge in [-0.25, -0.2) is 0 Å². The lowest BCUT2D eigenvalue weighted by Gasteiger charge is -2.18. The van der Waals surface area contributed by atoms with Gasteiger partial charge in [0.05, 0.1) is 5.56 Å². The number of likely N-dealkylation sites (N-methyl/N-ethyl adjacent to an activating group) is 1. The van der Waals surface area contributed by atoms with Crippen LogP contribution in [-0.4, -0.2) is 25.8 Å². The van der Waals surface area contributed by atoms with Crippen molar-refractivity contribution in [2.24, 2.45) is 5.16 Å². The molecule has 1 amide bonds. The summed E-state index contributed by atoms with van der Waals surface area (Å²) in [5, 5.41) is 6.47. The van der Waals surface area contributed by atoms with E-state index in [1.54, 1.807) is 13.1 Å². The molecule has 1 N–H and O–H groups in total. The summed E-state index contributed by atoms with van der Waals surface area (Å²) in [7, 11) is 2.96. The van der Waals surface area contributed by atoms with Crippen molar-refractivity contribution in [1.82, 2.24) is 5.32 Å². The minimum absolute atomic E-state index is 0.167. The zero-order valence-electron chi connectivity index (χ0n) is 16.9. The molecule has 0 fully saturated rings. The highest BCUT2D eigenvalue weighted by molar-refractivity contribution is 6.45. The maximum Gasteiger partial charge on any atom is 0.273 e. The first-order valence-corrected chi connectivity index (χ1v) is 9.13. The number of rotatable bonds is 7. The molecule has 0 aliphatic carbocycles. The Labute approximate surface area is 161 Å². The van der Waals surface area contributed by atoms with Crippen LogP contribution in [0.25, 0.3) is 0 Å². The molecule has 144 valence electrons. The van der Waals surface area contributed by atoms with Gasteiger partial charge in [-0.2, -0.15) is 0 Å². The molecule has 0 unspecified atom stereocenters. The molecule has 0 saturated heterocycles. The fourth-order valence-electron chi connectivity index (χ4n) is 2.76. The molecule has 0 saturated carbocycles. The first kappa shape index (κ1) is 20.5. The summed E-state index contributed by atoms with van der Waals surface area (Å²) in [5.41, 5.74) is 3.13. The summed E-state index contributed by atoms with van der Waals surface area (Å²) >= 11 is 0. The Bertz CT molecular complexity index is 826. The molecule has 5 heteroatoms. The van der Waals surface area contributed by atoms with E-state index >= 15 is 0 Å². The number of nitrogens with zero attached hydrogens (tertiary/aromatic N) is 1. The number of ether oxygens (including phenoxy) is 1. The van der Waals surface area contributed by atoms with Crippen molar-refractivity contribution in [3.63, 3.8) is 0 Å². The van der Waals surface area contributed by atoms with Crippen LogP contribution in [0.2, 0.25) is 0 Å². The number of benzene rings is 2. The zero-order valence-corrected chi connectivity index (χ0v) is 16.9. The highest BCUT2D eigenvalue weighted by Crippen LogP contribution is 2.34. The normalized spacial score (nSPS) is 11.6. The van der Waals surface area contributed by atoms with Gasteiger partial charge in [0.1, 0.15) is 18.6 Å². The lowest BCUT2D eigenvalue weighted by molar-refractivity contribution is -0.114. The molecular weight excluding hydrogens is 340 g/mol. The molecule has 2 aromatic carbocycles. The number of hydrogen-bond acceptors (Lipinski definition) is 4. The molecule has 27 heavy (non-hydrogen) atoms. The van der Waals surface area contributed by atoms with Crippen LogP contribution in [0.15, 0.2) is 47.6 Å². The van der Waals surface area contributed by atoms with Gasteiger partial charge in [-0.05, 0) is 41.2 Å². The van der Waals surface area contributed by atoms with Gasteiger partial charge in [0.2, 0.25) is 0 Å². The number of hydrogen-bond donors (Lipinski definition) is 1. The van der Waals surface area contributed by atoms with Gasteiger partial charge in [-0.1, -0.05) is 57.1 Å². The van der Waals surface area contributed by atoms with Gasteiger partial charge in [0.25, 0.3) is 5.91 Å². The van der Waals surface area contributed by atoms with E-state index < -0.39 is 0 Å². The summed E-state index contributed by atoms with van der Waals surface area (Å²) < 4.78 is 6.24. The summed E-state index contributed by atoms with van der Waals surface area (Å²) in [6.07, 6.45) is 0. The van der Waals surface area contributed by atoms with Gasteiger partial charge in [-0.15, -0.1) is 0 Å². The van der Waals surface area contributed by atoms with Crippen molar-refractivity contribution in [1.29, 1.82) is 0 Å². The third kappa shape index (κ3) is 4.88. The van der Waals surface area contributed by atoms with Crippen LogP contribution in [0.1, 0.15) is 56.2 Å². The SMILES string of the molecule is CNC(=O)/C(=N/OC)c1ccccc1Oc1ccc(C(C)C)cc1C(C)C. The van der Waals surface area contributed by atoms with Gasteiger partial charge < -0.3 is 14.9 Å². The number of oxime groups is 1. The molecule has 0 heterocycles. The van der Waals surface area contributed by atoms with Crippen molar-refractivity contribution in [3.05, 3.63) is 59.2 Å². The number of amides is 1. The van der Waals surface area contributed by atoms with E-state index in [9.17, 15) is 4.79 Å². The van der Waals surface area contributed by atoms with Crippen molar-refractivity contribution >= 4 is 11.6 Å². The maximum absolute atomic E-state index is 12.2. The molecule has 0 aliphatic heterocycles. The van der Waals surface area contributed by atoms with Crippen LogP contribution < -0.4 is 10.1 Å². The van der Waals surface area contributed by atoms with Crippen LogP contribution in [0.4, 0.5) is 0 Å². The number of carbonyl (C=O) groups is 1. The Hall–Kier alpha value is -2.82. The fraction of sp³-hybridized carbons (Fsp3) is 0.364. The van der Waals surface area contributed by atoms with Gasteiger partial charge >= 0.3 is 0 Å². The van der Waals surface area contributed by atoms with Gasteiger partial charge in [-0.3, -0.25) is 4.79 Å². The molecule has 0 spiro atoms. The summed E-state index contributed by atoms with van der Waals surface area (Å²) in [5.74, 6) is 1.73. The van der Waals surface area contributed by atoms with Crippen molar-refractivity contribution in [2.45, 2.75) is 39.5 Å². The van der Waals surface area contributed by atoms with E-state index in [2.05, 4.69) is 50.3 Å². The third-order valence-electron chi connectivity index (χ3n) is 4.31. The number of para-hydroxylation sites is 1. The number of carbonyl (C=O) groups excluding carboxylic acids is 1. The Morgan fingerprint density at radius 2 is 1.70 bits per heavy atom.